The van der Waals surface area contributed by atoms with Crippen LogP contribution in [-0.2, 0) is 12.7 Å². The number of aromatic nitrogens is 2. The van der Waals surface area contributed by atoms with E-state index in [1.165, 1.54) is 39.7 Å². The first kappa shape index (κ1) is 22.0. The quantitative estimate of drug-likeness (QED) is 0.610. The van der Waals surface area contributed by atoms with Crippen molar-refractivity contribution < 1.29 is 32.2 Å². The molecule has 0 aliphatic carbocycles. The lowest BCUT2D eigenvalue weighted by Gasteiger charge is -2.11. The number of carbonyl (C=O) groups is 1. The first-order chi connectivity index (χ1) is 14.8. The molecule has 7 nitrogen and oxygen atoms in total. The number of nitrogens with one attached hydrogen (secondary N) is 1. The summed E-state index contributed by atoms with van der Waals surface area (Å²) in [6.45, 7) is 0.131. The molecule has 0 fully saturated rings. The number of rotatable bonds is 7. The van der Waals surface area contributed by atoms with Gasteiger partial charge in [-0.3, -0.25) is 4.79 Å². The van der Waals surface area contributed by atoms with E-state index in [0.717, 1.165) is 16.8 Å². The number of methoxy groups -OCH3 is 3. The van der Waals surface area contributed by atoms with Crippen molar-refractivity contribution in [3.63, 3.8) is 0 Å². The lowest BCUT2D eigenvalue weighted by molar-refractivity contribution is -0.137. The zero-order valence-corrected chi connectivity index (χ0v) is 17.0. The third kappa shape index (κ3) is 4.90. The van der Waals surface area contributed by atoms with Gasteiger partial charge in [-0.25, -0.2) is 4.68 Å². The molecular formula is C21H20F3N3O4. The fraction of sp³-hybridized carbons (Fsp3) is 0.238. The second kappa shape index (κ2) is 8.99. The fourth-order valence-electron chi connectivity index (χ4n) is 2.88. The van der Waals surface area contributed by atoms with Crippen LogP contribution in [0.1, 0.15) is 21.6 Å². The number of benzene rings is 2. The van der Waals surface area contributed by atoms with Crippen molar-refractivity contribution >= 4 is 5.91 Å². The summed E-state index contributed by atoms with van der Waals surface area (Å²) < 4.78 is 55.8. The molecule has 3 rings (SSSR count). The number of nitrogens with zero attached hydrogens (tertiary/aromatic N) is 2. The third-order valence-electron chi connectivity index (χ3n) is 4.49. The molecule has 164 valence electrons. The van der Waals surface area contributed by atoms with E-state index < -0.39 is 17.6 Å². The minimum Gasteiger partial charge on any atom is -0.497 e. The normalized spacial score (nSPS) is 11.2. The summed E-state index contributed by atoms with van der Waals surface area (Å²) in [6.07, 6.45) is -3.15. The maximum absolute atomic E-state index is 13.0. The van der Waals surface area contributed by atoms with Gasteiger partial charge in [-0.2, -0.15) is 18.3 Å². The van der Waals surface area contributed by atoms with Gasteiger partial charge >= 0.3 is 6.18 Å². The molecule has 1 aromatic heterocycles. The molecule has 10 heteroatoms. The summed E-state index contributed by atoms with van der Waals surface area (Å²) in [5.74, 6) is 0.701. The van der Waals surface area contributed by atoms with E-state index in [2.05, 4.69) is 10.4 Å². The maximum atomic E-state index is 13.0. The number of halogens is 3. The number of hydrogen-bond acceptors (Lipinski definition) is 5. The van der Waals surface area contributed by atoms with Gasteiger partial charge in [0.2, 0.25) is 0 Å². The summed E-state index contributed by atoms with van der Waals surface area (Å²) in [5, 5.41) is 6.82. The van der Waals surface area contributed by atoms with E-state index >= 15 is 0 Å². The monoisotopic (exact) mass is 435 g/mol. The van der Waals surface area contributed by atoms with Crippen LogP contribution in [0.15, 0.2) is 48.7 Å². The molecule has 0 atom stereocenters. The van der Waals surface area contributed by atoms with Gasteiger partial charge in [0.15, 0.2) is 11.4 Å². The Kier molecular flexibility index (Phi) is 6.38. The zero-order valence-electron chi connectivity index (χ0n) is 17.0. The van der Waals surface area contributed by atoms with E-state index in [4.69, 9.17) is 14.2 Å². The van der Waals surface area contributed by atoms with Crippen molar-refractivity contribution in [3.05, 3.63) is 65.5 Å². The molecule has 0 aliphatic heterocycles. The van der Waals surface area contributed by atoms with Crippen molar-refractivity contribution in [1.29, 1.82) is 0 Å². The van der Waals surface area contributed by atoms with Crippen molar-refractivity contribution in [2.45, 2.75) is 12.7 Å². The highest BCUT2D eigenvalue weighted by Crippen LogP contribution is 2.31. The average Bonchev–Trinajstić information content (AvgIpc) is 3.21. The van der Waals surface area contributed by atoms with Gasteiger partial charge in [-0.05, 0) is 30.3 Å². The van der Waals surface area contributed by atoms with E-state index in [1.807, 2.05) is 0 Å². The lowest BCUT2D eigenvalue weighted by Crippen LogP contribution is -2.24. The molecule has 0 radical (unpaired) electrons. The van der Waals surface area contributed by atoms with Gasteiger partial charge in [-0.1, -0.05) is 6.07 Å². The van der Waals surface area contributed by atoms with E-state index in [-0.39, 0.29) is 23.7 Å². The smallest absolute Gasteiger partial charge is 0.416 e. The summed E-state index contributed by atoms with van der Waals surface area (Å²) in [6, 6.07) is 9.78. The van der Waals surface area contributed by atoms with Crippen LogP contribution in [0.5, 0.6) is 17.2 Å². The van der Waals surface area contributed by atoms with Crippen LogP contribution in [0.2, 0.25) is 0 Å². The summed E-state index contributed by atoms with van der Waals surface area (Å²) in [4.78, 5) is 12.7. The SMILES string of the molecule is COc1ccc(CNC(=O)c2nn(-c3cccc(C(F)(F)F)c3)cc2OC)c(OC)c1. The minimum absolute atomic E-state index is 0.0626. The molecule has 2 aromatic carbocycles. The summed E-state index contributed by atoms with van der Waals surface area (Å²) in [7, 11) is 4.37. The highest BCUT2D eigenvalue weighted by Gasteiger charge is 2.30. The number of hydrogen-bond donors (Lipinski definition) is 1. The van der Waals surface area contributed by atoms with E-state index in [0.29, 0.717) is 17.1 Å². The van der Waals surface area contributed by atoms with Crippen LogP contribution in [-0.4, -0.2) is 37.0 Å². The molecule has 1 heterocycles. The molecular weight excluding hydrogens is 415 g/mol. The van der Waals surface area contributed by atoms with Crippen LogP contribution in [0, 0.1) is 0 Å². The average molecular weight is 435 g/mol. The standard InChI is InChI=1S/C21H20F3N3O4/c1-29-16-8-7-13(17(10-16)30-2)11-25-20(28)19-18(31-3)12-27(26-19)15-6-4-5-14(9-15)21(22,23)24/h4-10,12H,11H2,1-3H3,(H,25,28). The Hall–Kier alpha value is -3.69. The summed E-state index contributed by atoms with van der Waals surface area (Å²) >= 11 is 0. The van der Waals surface area contributed by atoms with Gasteiger partial charge in [0.05, 0.1) is 38.8 Å². The molecule has 1 N–H and O–H groups in total. The Morgan fingerprint density at radius 3 is 2.42 bits per heavy atom. The fourth-order valence-corrected chi connectivity index (χ4v) is 2.88. The lowest BCUT2D eigenvalue weighted by atomic mass is 10.2. The molecule has 0 spiro atoms. The summed E-state index contributed by atoms with van der Waals surface area (Å²) in [5.41, 5.74) is -0.0404. The minimum atomic E-state index is -4.50. The topological polar surface area (TPSA) is 74.6 Å². The molecule has 1 amide bonds. The zero-order chi connectivity index (χ0) is 22.6. The first-order valence-corrected chi connectivity index (χ1v) is 9.07. The Bertz CT molecular complexity index is 1080. The first-order valence-electron chi connectivity index (χ1n) is 9.07. The molecule has 0 unspecified atom stereocenters. The van der Waals surface area contributed by atoms with Gasteiger partial charge < -0.3 is 19.5 Å². The second-order valence-corrected chi connectivity index (χ2v) is 6.40. The van der Waals surface area contributed by atoms with Crippen molar-refractivity contribution in [2.24, 2.45) is 0 Å². The van der Waals surface area contributed by atoms with Gasteiger partial charge in [0.1, 0.15) is 11.5 Å². The molecule has 0 saturated carbocycles. The number of amides is 1. The second-order valence-electron chi connectivity index (χ2n) is 6.40. The van der Waals surface area contributed by atoms with E-state index in [1.54, 1.807) is 18.2 Å². The predicted octanol–water partition coefficient (Wildman–Crippen LogP) is 3.85. The Morgan fingerprint density at radius 2 is 1.77 bits per heavy atom. The number of ether oxygens (including phenoxy) is 3. The van der Waals surface area contributed by atoms with Gasteiger partial charge in [0, 0.05) is 18.2 Å². The Balaban J connectivity index is 1.82. The van der Waals surface area contributed by atoms with Gasteiger partial charge in [0.25, 0.3) is 5.91 Å². The molecule has 0 bridgehead atoms. The number of alkyl halides is 3. The Morgan fingerprint density at radius 1 is 1.03 bits per heavy atom. The van der Waals surface area contributed by atoms with Crippen LogP contribution < -0.4 is 19.5 Å². The van der Waals surface area contributed by atoms with Crippen molar-refractivity contribution in [1.82, 2.24) is 15.1 Å². The molecule has 0 saturated heterocycles. The predicted molar refractivity (Wildman–Crippen MR) is 106 cm³/mol. The van der Waals surface area contributed by atoms with E-state index in [9.17, 15) is 18.0 Å². The molecule has 3 aromatic rings. The van der Waals surface area contributed by atoms with Crippen LogP contribution in [0.4, 0.5) is 13.2 Å². The van der Waals surface area contributed by atoms with Crippen LogP contribution in [0.3, 0.4) is 0 Å². The molecule has 31 heavy (non-hydrogen) atoms. The third-order valence-corrected chi connectivity index (χ3v) is 4.49. The highest BCUT2D eigenvalue weighted by molar-refractivity contribution is 5.95. The van der Waals surface area contributed by atoms with Gasteiger partial charge in [-0.15, -0.1) is 0 Å². The van der Waals surface area contributed by atoms with Crippen molar-refractivity contribution in [2.75, 3.05) is 21.3 Å². The van der Waals surface area contributed by atoms with Crippen LogP contribution >= 0.6 is 0 Å². The number of carbonyl (C=O) groups excluding carboxylic acids is 1. The maximum Gasteiger partial charge on any atom is 0.416 e. The van der Waals surface area contributed by atoms with Crippen LogP contribution in [0.25, 0.3) is 5.69 Å². The largest absolute Gasteiger partial charge is 0.497 e. The highest BCUT2D eigenvalue weighted by atomic mass is 19.4. The Labute approximate surface area is 176 Å². The van der Waals surface area contributed by atoms with Crippen molar-refractivity contribution in [3.8, 4) is 22.9 Å². The molecule has 0 aliphatic rings.